The standard InChI is InChI=1S/C22H23FN4O3S/c1-25(31(29,30)21-8-4-5-17-15-24-10-9-18(17)21)16-22(28)27-13-11-26(12-14-27)20-7-3-2-6-19(20)23/h2-10,15H,11-14,16H2,1H3. The summed E-state index contributed by atoms with van der Waals surface area (Å²) in [7, 11) is -2.46. The molecule has 0 atom stereocenters. The van der Waals surface area contributed by atoms with Crippen LogP contribution in [0.2, 0.25) is 0 Å². The number of benzene rings is 2. The van der Waals surface area contributed by atoms with Crippen LogP contribution in [-0.4, -0.2) is 68.3 Å². The lowest BCUT2D eigenvalue weighted by Gasteiger charge is -2.36. The lowest BCUT2D eigenvalue weighted by molar-refractivity contribution is -0.131. The number of hydrogen-bond donors (Lipinski definition) is 0. The molecule has 1 aromatic heterocycles. The van der Waals surface area contributed by atoms with Crippen molar-refractivity contribution in [1.82, 2.24) is 14.2 Å². The van der Waals surface area contributed by atoms with E-state index in [1.807, 2.05) is 4.90 Å². The highest BCUT2D eigenvalue weighted by Crippen LogP contribution is 2.25. The average molecular weight is 443 g/mol. The first-order valence-electron chi connectivity index (χ1n) is 9.94. The number of likely N-dealkylation sites (N-methyl/N-ethyl adjacent to an activating group) is 1. The SMILES string of the molecule is CN(CC(=O)N1CCN(c2ccccc2F)CC1)S(=O)(=O)c1cccc2cnccc12. The molecule has 0 unspecified atom stereocenters. The molecule has 2 aromatic carbocycles. The molecule has 0 aliphatic carbocycles. The fraction of sp³-hybridized carbons (Fsp3) is 0.273. The minimum Gasteiger partial charge on any atom is -0.366 e. The second kappa shape index (κ2) is 8.60. The Morgan fingerprint density at radius 3 is 2.55 bits per heavy atom. The molecule has 0 bridgehead atoms. The lowest BCUT2D eigenvalue weighted by Crippen LogP contribution is -2.51. The third-order valence-corrected chi connectivity index (χ3v) is 7.37. The summed E-state index contributed by atoms with van der Waals surface area (Å²) in [5.74, 6) is -0.570. The minimum absolute atomic E-state index is 0.145. The zero-order chi connectivity index (χ0) is 22.0. The Morgan fingerprint density at radius 1 is 1.06 bits per heavy atom. The Balaban J connectivity index is 1.43. The van der Waals surface area contributed by atoms with Gasteiger partial charge in [0, 0.05) is 56.4 Å². The number of pyridine rings is 1. The fourth-order valence-electron chi connectivity index (χ4n) is 3.77. The molecular formula is C22H23FN4O3S. The van der Waals surface area contributed by atoms with Crippen molar-refractivity contribution in [3.8, 4) is 0 Å². The van der Waals surface area contributed by atoms with E-state index in [0.717, 1.165) is 4.31 Å². The van der Waals surface area contributed by atoms with Gasteiger partial charge in [-0.25, -0.2) is 12.8 Å². The Morgan fingerprint density at radius 2 is 1.81 bits per heavy atom. The molecule has 1 fully saturated rings. The fourth-order valence-corrected chi connectivity index (χ4v) is 5.10. The Kier molecular flexibility index (Phi) is 5.88. The van der Waals surface area contributed by atoms with Crippen LogP contribution in [0, 0.1) is 5.82 Å². The first kappa shape index (κ1) is 21.2. The van der Waals surface area contributed by atoms with Gasteiger partial charge in [0.25, 0.3) is 0 Å². The van der Waals surface area contributed by atoms with E-state index < -0.39 is 10.0 Å². The minimum atomic E-state index is -3.86. The van der Waals surface area contributed by atoms with E-state index in [9.17, 15) is 17.6 Å². The van der Waals surface area contributed by atoms with Crippen molar-refractivity contribution in [2.24, 2.45) is 0 Å². The van der Waals surface area contributed by atoms with Crippen molar-refractivity contribution in [3.05, 3.63) is 66.7 Å². The molecule has 4 rings (SSSR count). The highest BCUT2D eigenvalue weighted by Gasteiger charge is 2.28. The van der Waals surface area contributed by atoms with Gasteiger partial charge in [-0.05, 0) is 24.3 Å². The van der Waals surface area contributed by atoms with Crippen molar-refractivity contribution >= 4 is 32.4 Å². The normalized spacial score (nSPS) is 14.9. The van der Waals surface area contributed by atoms with Gasteiger partial charge in [-0.1, -0.05) is 24.3 Å². The van der Waals surface area contributed by atoms with Crippen LogP contribution in [0.25, 0.3) is 10.8 Å². The van der Waals surface area contributed by atoms with Gasteiger partial charge in [0.05, 0.1) is 17.1 Å². The van der Waals surface area contributed by atoms with Crippen LogP contribution in [0.15, 0.2) is 65.8 Å². The number of amides is 1. The van der Waals surface area contributed by atoms with E-state index in [1.165, 1.54) is 19.2 Å². The monoisotopic (exact) mass is 442 g/mol. The number of para-hydroxylation sites is 1. The second-order valence-electron chi connectivity index (χ2n) is 7.43. The molecule has 7 nitrogen and oxygen atoms in total. The summed E-state index contributed by atoms with van der Waals surface area (Å²) >= 11 is 0. The number of anilines is 1. The zero-order valence-electron chi connectivity index (χ0n) is 17.1. The van der Waals surface area contributed by atoms with Crippen LogP contribution in [0.1, 0.15) is 0 Å². The summed E-state index contributed by atoms with van der Waals surface area (Å²) in [4.78, 5) is 20.5. The van der Waals surface area contributed by atoms with Crippen LogP contribution in [0.5, 0.6) is 0 Å². The Bertz CT molecular complexity index is 1200. The third kappa shape index (κ3) is 4.24. The molecule has 162 valence electrons. The van der Waals surface area contributed by atoms with E-state index in [2.05, 4.69) is 4.98 Å². The number of carbonyl (C=O) groups is 1. The van der Waals surface area contributed by atoms with Gasteiger partial charge in [0.15, 0.2) is 0 Å². The Hall–Kier alpha value is -3.04. The molecule has 0 saturated carbocycles. The van der Waals surface area contributed by atoms with Gasteiger partial charge in [-0.3, -0.25) is 9.78 Å². The molecular weight excluding hydrogens is 419 g/mol. The summed E-state index contributed by atoms with van der Waals surface area (Å²) in [6.07, 6.45) is 3.15. The molecule has 9 heteroatoms. The molecule has 3 aromatic rings. The van der Waals surface area contributed by atoms with Crippen molar-refractivity contribution in [2.45, 2.75) is 4.90 Å². The van der Waals surface area contributed by atoms with Crippen LogP contribution in [0.4, 0.5) is 10.1 Å². The van der Waals surface area contributed by atoms with E-state index in [0.29, 0.717) is 42.6 Å². The molecule has 2 heterocycles. The molecule has 31 heavy (non-hydrogen) atoms. The van der Waals surface area contributed by atoms with Gasteiger partial charge >= 0.3 is 0 Å². The number of carbonyl (C=O) groups excluding carboxylic acids is 1. The summed E-state index contributed by atoms with van der Waals surface area (Å²) in [6.45, 7) is 1.52. The summed E-state index contributed by atoms with van der Waals surface area (Å²) in [5, 5.41) is 1.28. The van der Waals surface area contributed by atoms with Crippen LogP contribution < -0.4 is 4.90 Å². The van der Waals surface area contributed by atoms with Gasteiger partial charge in [-0.2, -0.15) is 4.31 Å². The van der Waals surface area contributed by atoms with Crippen molar-refractivity contribution in [1.29, 1.82) is 0 Å². The summed E-state index contributed by atoms with van der Waals surface area (Å²) in [5.41, 5.74) is 0.514. The van der Waals surface area contributed by atoms with Crippen molar-refractivity contribution in [3.63, 3.8) is 0 Å². The maximum atomic E-state index is 14.0. The van der Waals surface area contributed by atoms with Crippen molar-refractivity contribution < 1.29 is 17.6 Å². The highest BCUT2D eigenvalue weighted by atomic mass is 32.2. The third-order valence-electron chi connectivity index (χ3n) is 5.51. The number of piperazine rings is 1. The van der Waals surface area contributed by atoms with Crippen molar-refractivity contribution in [2.75, 3.05) is 44.7 Å². The predicted octanol–water partition coefficient (Wildman–Crippen LogP) is 2.34. The molecule has 0 radical (unpaired) electrons. The van der Waals surface area contributed by atoms with Gasteiger partial charge < -0.3 is 9.80 Å². The molecule has 1 aliphatic rings. The smallest absolute Gasteiger partial charge is 0.243 e. The van der Waals surface area contributed by atoms with E-state index >= 15 is 0 Å². The second-order valence-corrected chi connectivity index (χ2v) is 9.45. The quantitative estimate of drug-likeness (QED) is 0.607. The van der Waals surface area contributed by atoms with E-state index in [1.54, 1.807) is 53.7 Å². The van der Waals surface area contributed by atoms with Crippen LogP contribution in [0.3, 0.4) is 0 Å². The van der Waals surface area contributed by atoms with E-state index in [4.69, 9.17) is 0 Å². The van der Waals surface area contributed by atoms with Gasteiger partial charge in [0.2, 0.25) is 15.9 Å². The molecule has 1 amide bonds. The molecule has 1 saturated heterocycles. The lowest BCUT2D eigenvalue weighted by atomic mass is 10.2. The van der Waals surface area contributed by atoms with Crippen LogP contribution >= 0.6 is 0 Å². The maximum absolute atomic E-state index is 14.0. The first-order chi connectivity index (χ1) is 14.9. The number of rotatable bonds is 5. The number of sulfonamides is 1. The topological polar surface area (TPSA) is 73.8 Å². The number of hydrogen-bond acceptors (Lipinski definition) is 5. The van der Waals surface area contributed by atoms with Gasteiger partial charge in [0.1, 0.15) is 5.82 Å². The summed E-state index contributed by atoms with van der Waals surface area (Å²) < 4.78 is 41.3. The molecule has 1 aliphatic heterocycles. The average Bonchev–Trinajstić information content (AvgIpc) is 2.79. The number of fused-ring (bicyclic) bond motifs is 1. The first-order valence-corrected chi connectivity index (χ1v) is 11.4. The predicted molar refractivity (Wildman–Crippen MR) is 117 cm³/mol. The molecule has 0 N–H and O–H groups in total. The summed E-state index contributed by atoms with van der Waals surface area (Å²) in [6, 6.07) is 13.2. The number of halogens is 1. The number of aromatic nitrogens is 1. The number of nitrogens with zero attached hydrogens (tertiary/aromatic N) is 4. The van der Waals surface area contributed by atoms with E-state index in [-0.39, 0.29) is 23.2 Å². The zero-order valence-corrected chi connectivity index (χ0v) is 17.9. The molecule has 0 spiro atoms. The highest BCUT2D eigenvalue weighted by molar-refractivity contribution is 7.89. The largest absolute Gasteiger partial charge is 0.366 e. The maximum Gasteiger partial charge on any atom is 0.243 e. The Labute approximate surface area is 180 Å². The van der Waals surface area contributed by atoms with Gasteiger partial charge in [-0.15, -0.1) is 0 Å². The van der Waals surface area contributed by atoms with Crippen LogP contribution in [-0.2, 0) is 14.8 Å².